The van der Waals surface area contributed by atoms with Crippen LogP contribution in [-0.2, 0) is 10.0 Å². The van der Waals surface area contributed by atoms with Crippen LogP contribution >= 0.6 is 0 Å². The molecule has 112 valence electrons. The number of sulfonamides is 1. The van der Waals surface area contributed by atoms with Gasteiger partial charge in [0.1, 0.15) is 16.7 Å². The summed E-state index contributed by atoms with van der Waals surface area (Å²) in [7, 11) is -3.50. The van der Waals surface area contributed by atoms with Gasteiger partial charge in [0.2, 0.25) is 10.0 Å². The maximum Gasteiger partial charge on any atom is 0.244 e. The molecule has 1 heterocycles. The summed E-state index contributed by atoms with van der Waals surface area (Å²) in [4.78, 5) is 0.221. The highest BCUT2D eigenvalue weighted by atomic mass is 32.2. The molecular weight excluding hydrogens is 276 g/mol. The van der Waals surface area contributed by atoms with E-state index in [2.05, 4.69) is 10.0 Å². The van der Waals surface area contributed by atoms with Gasteiger partial charge < -0.3 is 10.1 Å². The van der Waals surface area contributed by atoms with Gasteiger partial charge in [-0.2, -0.15) is 0 Å². The molecule has 1 aromatic carbocycles. The summed E-state index contributed by atoms with van der Waals surface area (Å²) in [5.74, 6) is 0.435. The molecule has 1 fully saturated rings. The maximum atomic E-state index is 12.2. The monoisotopic (exact) mass is 298 g/mol. The molecule has 5 nitrogen and oxygen atoms in total. The first-order chi connectivity index (χ1) is 9.63. The van der Waals surface area contributed by atoms with Crippen LogP contribution in [0, 0.1) is 0 Å². The Morgan fingerprint density at radius 2 is 2.20 bits per heavy atom. The fraction of sp³-hybridized carbons (Fsp3) is 0.571. The molecule has 0 aliphatic carbocycles. The van der Waals surface area contributed by atoms with Crippen molar-refractivity contribution in [2.45, 2.75) is 37.2 Å². The molecule has 6 heteroatoms. The van der Waals surface area contributed by atoms with Gasteiger partial charge in [-0.15, -0.1) is 0 Å². The van der Waals surface area contributed by atoms with Gasteiger partial charge in [0.25, 0.3) is 0 Å². The van der Waals surface area contributed by atoms with Crippen LogP contribution in [0.4, 0.5) is 0 Å². The highest BCUT2D eigenvalue weighted by Crippen LogP contribution is 2.25. The lowest BCUT2D eigenvalue weighted by atomic mass is 10.1. The molecule has 1 aliphatic rings. The summed E-state index contributed by atoms with van der Waals surface area (Å²) in [6.07, 6.45) is 2.79. The number of hydrogen-bond acceptors (Lipinski definition) is 4. The van der Waals surface area contributed by atoms with Gasteiger partial charge in [-0.25, -0.2) is 13.1 Å². The molecule has 1 aliphatic heterocycles. The smallest absolute Gasteiger partial charge is 0.244 e. The van der Waals surface area contributed by atoms with E-state index in [4.69, 9.17) is 4.74 Å². The number of hydrogen-bond donors (Lipinski definition) is 2. The molecular formula is C14H22N2O3S. The lowest BCUT2D eigenvalue weighted by molar-refractivity contribution is 0.163. The van der Waals surface area contributed by atoms with Crippen LogP contribution in [0.15, 0.2) is 29.2 Å². The fourth-order valence-corrected chi connectivity index (χ4v) is 3.45. The van der Waals surface area contributed by atoms with Crippen LogP contribution in [0.3, 0.4) is 0 Å². The zero-order chi connectivity index (χ0) is 14.4. The number of benzene rings is 1. The molecule has 1 atom stereocenters. The first-order valence-electron chi connectivity index (χ1n) is 7.09. The van der Waals surface area contributed by atoms with Crippen molar-refractivity contribution in [2.24, 2.45) is 0 Å². The van der Waals surface area contributed by atoms with Crippen molar-refractivity contribution in [3.8, 4) is 5.75 Å². The predicted octanol–water partition coefficient (Wildman–Crippen LogP) is 1.51. The van der Waals surface area contributed by atoms with Gasteiger partial charge in [-0.05, 0) is 37.9 Å². The molecule has 1 aromatic rings. The van der Waals surface area contributed by atoms with Crippen molar-refractivity contribution >= 4 is 10.0 Å². The molecule has 20 heavy (non-hydrogen) atoms. The Bertz CT molecular complexity index is 525. The number of ether oxygens (including phenoxy) is 1. The van der Waals surface area contributed by atoms with Gasteiger partial charge in [0.05, 0.1) is 0 Å². The van der Waals surface area contributed by atoms with Crippen LogP contribution in [0.1, 0.15) is 26.2 Å². The zero-order valence-electron chi connectivity index (χ0n) is 11.8. The normalized spacial score (nSPS) is 19.8. The van der Waals surface area contributed by atoms with Gasteiger partial charge in [-0.1, -0.05) is 19.1 Å². The summed E-state index contributed by atoms with van der Waals surface area (Å²) >= 11 is 0. The van der Waals surface area contributed by atoms with E-state index in [-0.39, 0.29) is 11.0 Å². The van der Waals surface area contributed by atoms with E-state index in [1.165, 1.54) is 0 Å². The Hall–Kier alpha value is -1.11. The van der Waals surface area contributed by atoms with Crippen molar-refractivity contribution in [3.63, 3.8) is 0 Å². The van der Waals surface area contributed by atoms with E-state index >= 15 is 0 Å². The minimum Gasteiger partial charge on any atom is -0.488 e. The van der Waals surface area contributed by atoms with E-state index in [0.29, 0.717) is 12.3 Å². The maximum absolute atomic E-state index is 12.2. The van der Waals surface area contributed by atoms with E-state index in [1.54, 1.807) is 24.3 Å². The Morgan fingerprint density at radius 3 is 2.90 bits per heavy atom. The van der Waals surface area contributed by atoms with Gasteiger partial charge in [-0.3, -0.25) is 0 Å². The average Bonchev–Trinajstić information content (AvgIpc) is 2.47. The standard InChI is InChI=1S/C14H22N2O3S/c1-2-9-16-20(17,18)14-8-4-3-7-13(14)19-12-6-5-10-15-11-12/h3-4,7-8,12,15-16H,2,5-6,9-11H2,1H3. The molecule has 1 unspecified atom stereocenters. The third-order valence-electron chi connectivity index (χ3n) is 3.23. The fourth-order valence-electron chi connectivity index (χ4n) is 2.18. The quantitative estimate of drug-likeness (QED) is 0.835. The molecule has 0 radical (unpaired) electrons. The third kappa shape index (κ3) is 3.94. The minimum atomic E-state index is -3.50. The number of piperidine rings is 1. The second kappa shape index (κ2) is 7.06. The average molecular weight is 298 g/mol. The lowest BCUT2D eigenvalue weighted by Gasteiger charge is -2.25. The highest BCUT2D eigenvalue weighted by molar-refractivity contribution is 7.89. The van der Waals surface area contributed by atoms with E-state index < -0.39 is 10.0 Å². The molecule has 0 saturated carbocycles. The Balaban J connectivity index is 2.17. The topological polar surface area (TPSA) is 67.4 Å². The molecule has 0 aromatic heterocycles. The van der Waals surface area contributed by atoms with Gasteiger partial charge in [0, 0.05) is 13.1 Å². The zero-order valence-corrected chi connectivity index (χ0v) is 12.6. The molecule has 0 bridgehead atoms. The van der Waals surface area contributed by atoms with Crippen molar-refractivity contribution in [1.29, 1.82) is 0 Å². The van der Waals surface area contributed by atoms with Crippen molar-refractivity contribution in [3.05, 3.63) is 24.3 Å². The second-order valence-corrected chi connectivity index (χ2v) is 6.67. The highest BCUT2D eigenvalue weighted by Gasteiger charge is 2.21. The minimum absolute atomic E-state index is 0.0336. The third-order valence-corrected chi connectivity index (χ3v) is 4.73. The molecule has 0 amide bonds. The van der Waals surface area contributed by atoms with Crippen molar-refractivity contribution in [2.75, 3.05) is 19.6 Å². The SMILES string of the molecule is CCCNS(=O)(=O)c1ccccc1OC1CCCNC1. The molecule has 2 N–H and O–H groups in total. The van der Waals surface area contributed by atoms with Gasteiger partial charge >= 0.3 is 0 Å². The predicted molar refractivity (Wildman–Crippen MR) is 78.4 cm³/mol. The lowest BCUT2D eigenvalue weighted by Crippen LogP contribution is -2.37. The first kappa shape index (κ1) is 15.3. The Morgan fingerprint density at radius 1 is 1.40 bits per heavy atom. The summed E-state index contributed by atoms with van der Waals surface area (Å²) in [5, 5.41) is 3.26. The van der Waals surface area contributed by atoms with E-state index in [1.807, 2.05) is 6.92 Å². The number of para-hydroxylation sites is 1. The number of nitrogens with one attached hydrogen (secondary N) is 2. The first-order valence-corrected chi connectivity index (χ1v) is 8.58. The van der Waals surface area contributed by atoms with Gasteiger partial charge in [0.15, 0.2) is 0 Å². The Labute approximate surface area is 120 Å². The summed E-state index contributed by atoms with van der Waals surface area (Å²) in [5.41, 5.74) is 0. The van der Waals surface area contributed by atoms with Crippen LogP contribution < -0.4 is 14.8 Å². The van der Waals surface area contributed by atoms with Crippen LogP contribution in [0.25, 0.3) is 0 Å². The second-order valence-electron chi connectivity index (χ2n) is 4.93. The van der Waals surface area contributed by atoms with Crippen LogP contribution in [0.2, 0.25) is 0 Å². The van der Waals surface area contributed by atoms with E-state index in [9.17, 15) is 8.42 Å². The summed E-state index contributed by atoms with van der Waals surface area (Å²) in [6, 6.07) is 6.82. The number of rotatable bonds is 6. The Kier molecular flexibility index (Phi) is 5.39. The van der Waals surface area contributed by atoms with E-state index in [0.717, 1.165) is 32.4 Å². The van der Waals surface area contributed by atoms with Crippen molar-refractivity contribution in [1.82, 2.24) is 10.0 Å². The largest absolute Gasteiger partial charge is 0.488 e. The summed E-state index contributed by atoms with van der Waals surface area (Å²) in [6.45, 7) is 4.12. The molecule has 0 spiro atoms. The molecule has 1 saturated heterocycles. The molecule has 2 rings (SSSR count). The van der Waals surface area contributed by atoms with Crippen molar-refractivity contribution < 1.29 is 13.2 Å². The van der Waals surface area contributed by atoms with Crippen LogP contribution in [-0.4, -0.2) is 34.2 Å². The summed E-state index contributed by atoms with van der Waals surface area (Å²) < 4.78 is 32.9. The van der Waals surface area contributed by atoms with Crippen LogP contribution in [0.5, 0.6) is 5.75 Å².